The van der Waals surface area contributed by atoms with Crippen LogP contribution in [0.5, 0.6) is 0 Å². The quantitative estimate of drug-likeness (QED) is 0.483. The Bertz CT molecular complexity index is 607. The third kappa shape index (κ3) is 9.29. The van der Waals surface area contributed by atoms with Crippen LogP contribution in [0.1, 0.15) is 78.7 Å². The summed E-state index contributed by atoms with van der Waals surface area (Å²) in [7, 11) is 0. The van der Waals surface area contributed by atoms with E-state index in [-0.39, 0.29) is 17.9 Å². The molecule has 170 valence electrons. The summed E-state index contributed by atoms with van der Waals surface area (Å²) in [5.41, 5.74) is 2.27. The first-order valence-corrected chi connectivity index (χ1v) is 12.0. The summed E-state index contributed by atoms with van der Waals surface area (Å²) in [4.78, 5) is 25.6. The lowest BCUT2D eigenvalue weighted by atomic mass is 9.99. The number of aryl methyl sites for hydroxylation is 1. The first kappa shape index (κ1) is 26.2. The van der Waals surface area contributed by atoms with Crippen LogP contribution in [0.2, 0.25) is 0 Å². The summed E-state index contributed by atoms with van der Waals surface area (Å²) < 4.78 is 0. The molecule has 2 aliphatic rings. The second kappa shape index (κ2) is 15.0. The van der Waals surface area contributed by atoms with Gasteiger partial charge in [0.15, 0.2) is 0 Å². The van der Waals surface area contributed by atoms with E-state index in [0.717, 1.165) is 18.0 Å². The Kier molecular flexibility index (Phi) is 13.1. The maximum absolute atomic E-state index is 11.8. The standard InChI is InChI=1S/C21H31N3O2.2C2H6/c1-16-11-14-24(15-12-16)13-3-2-4-17-5-7-18(8-6-17)22-19-9-10-20(25)23-21(19)26;2*1-2/h5-8,16,19,22H,2-4,9-15H2,1H3,(H,23,25,26);2*1-2H3. The van der Waals surface area contributed by atoms with Gasteiger partial charge in [-0.2, -0.15) is 0 Å². The Morgan fingerprint density at radius 1 is 0.967 bits per heavy atom. The van der Waals surface area contributed by atoms with Crippen LogP contribution in [-0.4, -0.2) is 42.4 Å². The lowest BCUT2D eigenvalue weighted by Gasteiger charge is -2.30. The summed E-state index contributed by atoms with van der Waals surface area (Å²) in [5.74, 6) is 0.499. The van der Waals surface area contributed by atoms with Crippen molar-refractivity contribution in [2.45, 2.75) is 85.6 Å². The maximum Gasteiger partial charge on any atom is 0.249 e. The van der Waals surface area contributed by atoms with Gasteiger partial charge >= 0.3 is 0 Å². The van der Waals surface area contributed by atoms with Gasteiger partial charge in [-0.3, -0.25) is 14.9 Å². The van der Waals surface area contributed by atoms with Crippen molar-refractivity contribution in [3.8, 4) is 0 Å². The molecule has 0 aliphatic carbocycles. The van der Waals surface area contributed by atoms with Crippen molar-refractivity contribution < 1.29 is 9.59 Å². The van der Waals surface area contributed by atoms with Crippen LogP contribution >= 0.6 is 0 Å². The van der Waals surface area contributed by atoms with E-state index in [0.29, 0.717) is 12.8 Å². The van der Waals surface area contributed by atoms with Gasteiger partial charge in [0.25, 0.3) is 0 Å². The van der Waals surface area contributed by atoms with Gasteiger partial charge in [0.05, 0.1) is 0 Å². The Morgan fingerprint density at radius 2 is 1.60 bits per heavy atom. The van der Waals surface area contributed by atoms with Gasteiger partial charge in [-0.1, -0.05) is 46.8 Å². The molecule has 1 unspecified atom stereocenters. The number of carbonyl (C=O) groups is 2. The second-order valence-electron chi connectivity index (χ2n) is 7.83. The zero-order valence-electron chi connectivity index (χ0n) is 19.8. The number of carbonyl (C=O) groups excluding carboxylic acids is 2. The molecule has 3 rings (SSSR count). The van der Waals surface area contributed by atoms with Crippen LogP contribution in [-0.2, 0) is 16.0 Å². The van der Waals surface area contributed by atoms with Gasteiger partial charge in [-0.15, -0.1) is 0 Å². The van der Waals surface area contributed by atoms with E-state index in [2.05, 4.69) is 34.6 Å². The van der Waals surface area contributed by atoms with Crippen molar-refractivity contribution in [3.05, 3.63) is 29.8 Å². The van der Waals surface area contributed by atoms with Crippen LogP contribution in [0.25, 0.3) is 0 Å². The Balaban J connectivity index is 0.00000106. The van der Waals surface area contributed by atoms with E-state index < -0.39 is 0 Å². The molecule has 0 spiro atoms. The van der Waals surface area contributed by atoms with Crippen LogP contribution in [0.15, 0.2) is 24.3 Å². The zero-order valence-corrected chi connectivity index (χ0v) is 19.8. The largest absolute Gasteiger partial charge is 0.374 e. The zero-order chi connectivity index (χ0) is 22.4. The lowest BCUT2D eigenvalue weighted by Crippen LogP contribution is -2.47. The molecule has 5 nitrogen and oxygen atoms in total. The number of unbranched alkanes of at least 4 members (excludes halogenated alkanes) is 1. The third-order valence-corrected chi connectivity index (χ3v) is 5.60. The summed E-state index contributed by atoms with van der Waals surface area (Å²) in [6, 6.07) is 8.02. The summed E-state index contributed by atoms with van der Waals surface area (Å²) in [5, 5.41) is 5.60. The molecule has 2 N–H and O–H groups in total. The molecule has 2 saturated heterocycles. The topological polar surface area (TPSA) is 61.4 Å². The van der Waals surface area contributed by atoms with E-state index in [1.165, 1.54) is 50.9 Å². The number of amides is 2. The number of benzene rings is 1. The molecule has 30 heavy (non-hydrogen) atoms. The minimum Gasteiger partial charge on any atom is -0.374 e. The van der Waals surface area contributed by atoms with Crippen molar-refractivity contribution in [3.63, 3.8) is 0 Å². The number of imide groups is 1. The van der Waals surface area contributed by atoms with Crippen molar-refractivity contribution >= 4 is 17.5 Å². The highest BCUT2D eigenvalue weighted by molar-refractivity contribution is 6.01. The van der Waals surface area contributed by atoms with E-state index in [4.69, 9.17) is 0 Å². The van der Waals surface area contributed by atoms with Gasteiger partial charge in [0, 0.05) is 12.1 Å². The normalized spacial score (nSPS) is 19.7. The van der Waals surface area contributed by atoms with Crippen molar-refractivity contribution in [2.24, 2.45) is 5.92 Å². The van der Waals surface area contributed by atoms with E-state index in [1.54, 1.807) is 0 Å². The molecule has 2 amide bonds. The second-order valence-corrected chi connectivity index (χ2v) is 7.83. The number of nitrogens with zero attached hydrogens (tertiary/aromatic N) is 1. The van der Waals surface area contributed by atoms with Crippen molar-refractivity contribution in [1.29, 1.82) is 0 Å². The van der Waals surface area contributed by atoms with E-state index >= 15 is 0 Å². The Morgan fingerprint density at radius 3 is 2.20 bits per heavy atom. The first-order chi connectivity index (χ1) is 14.6. The maximum atomic E-state index is 11.8. The fourth-order valence-electron chi connectivity index (χ4n) is 3.75. The molecule has 1 aromatic carbocycles. The SMILES string of the molecule is CC.CC.CC1CCN(CCCCc2ccc(NC3CCC(=O)NC3=O)cc2)CC1. The number of piperidine rings is 2. The molecule has 0 aromatic heterocycles. The number of hydrogen-bond donors (Lipinski definition) is 2. The van der Waals surface area contributed by atoms with E-state index in [9.17, 15) is 9.59 Å². The molecule has 2 heterocycles. The van der Waals surface area contributed by atoms with Gasteiger partial charge < -0.3 is 10.2 Å². The fraction of sp³-hybridized carbons (Fsp3) is 0.680. The van der Waals surface area contributed by atoms with Gasteiger partial charge in [-0.25, -0.2) is 0 Å². The smallest absolute Gasteiger partial charge is 0.249 e. The molecule has 2 fully saturated rings. The molecule has 0 bridgehead atoms. The fourth-order valence-corrected chi connectivity index (χ4v) is 3.75. The van der Waals surface area contributed by atoms with Gasteiger partial charge in [0.2, 0.25) is 11.8 Å². The van der Waals surface area contributed by atoms with Crippen LogP contribution in [0.4, 0.5) is 5.69 Å². The minimum absolute atomic E-state index is 0.178. The predicted molar refractivity (Wildman–Crippen MR) is 127 cm³/mol. The average Bonchev–Trinajstić information content (AvgIpc) is 2.78. The molecular weight excluding hydrogens is 374 g/mol. The number of anilines is 1. The molecule has 1 aromatic rings. The number of nitrogens with one attached hydrogen (secondary N) is 2. The summed E-state index contributed by atoms with van der Waals surface area (Å²) >= 11 is 0. The highest BCUT2D eigenvalue weighted by Gasteiger charge is 2.26. The van der Waals surface area contributed by atoms with Crippen molar-refractivity contribution in [1.82, 2.24) is 10.2 Å². The first-order valence-electron chi connectivity index (χ1n) is 12.0. The Hall–Kier alpha value is -1.88. The van der Waals surface area contributed by atoms with Gasteiger partial charge in [-0.05, 0) is 81.8 Å². The number of hydrogen-bond acceptors (Lipinski definition) is 4. The van der Waals surface area contributed by atoms with Crippen LogP contribution < -0.4 is 10.6 Å². The van der Waals surface area contributed by atoms with Crippen LogP contribution in [0, 0.1) is 5.92 Å². The summed E-state index contributed by atoms with van der Waals surface area (Å²) in [6.45, 7) is 14.1. The summed E-state index contributed by atoms with van der Waals surface area (Å²) in [6.07, 6.45) is 7.22. The van der Waals surface area contributed by atoms with Crippen LogP contribution in [0.3, 0.4) is 0 Å². The number of rotatable bonds is 7. The molecule has 5 heteroatoms. The molecule has 2 aliphatic heterocycles. The third-order valence-electron chi connectivity index (χ3n) is 5.60. The van der Waals surface area contributed by atoms with E-state index in [1.807, 2.05) is 39.8 Å². The van der Waals surface area contributed by atoms with Crippen molar-refractivity contribution in [2.75, 3.05) is 25.0 Å². The highest BCUT2D eigenvalue weighted by atomic mass is 16.2. The molecule has 0 saturated carbocycles. The number of likely N-dealkylation sites (tertiary alicyclic amines) is 1. The lowest BCUT2D eigenvalue weighted by molar-refractivity contribution is -0.133. The molecule has 1 atom stereocenters. The molecule has 0 radical (unpaired) electrons. The van der Waals surface area contributed by atoms with Gasteiger partial charge in [0.1, 0.15) is 6.04 Å². The Labute approximate surface area is 184 Å². The average molecular weight is 418 g/mol. The highest BCUT2D eigenvalue weighted by Crippen LogP contribution is 2.18. The predicted octanol–water partition coefficient (Wildman–Crippen LogP) is 5.01. The monoisotopic (exact) mass is 417 g/mol. The molecular formula is C25H43N3O2. The minimum atomic E-state index is -0.314.